The second-order valence-corrected chi connectivity index (χ2v) is 5.03. The zero-order chi connectivity index (χ0) is 14.7. The smallest absolute Gasteiger partial charge is 0.267 e. The van der Waals surface area contributed by atoms with Crippen molar-refractivity contribution in [2.75, 3.05) is 6.54 Å². The molecule has 0 aromatic carbocycles. The molecule has 3 rings (SSSR count). The lowest BCUT2D eigenvalue weighted by molar-refractivity contribution is 0.0951. The molecule has 1 aliphatic carbocycles. The van der Waals surface area contributed by atoms with E-state index in [2.05, 4.69) is 15.4 Å². The lowest BCUT2D eigenvalue weighted by atomic mass is 10.2. The third-order valence-corrected chi connectivity index (χ3v) is 3.56. The molecule has 6 heteroatoms. The minimum Gasteiger partial charge on any atom is -0.350 e. The minimum atomic E-state index is -0.197. The van der Waals surface area contributed by atoms with E-state index in [-0.39, 0.29) is 11.5 Å². The number of hydrogen-bond donors (Lipinski definition) is 1. The Balaban J connectivity index is 1.61. The van der Waals surface area contributed by atoms with Crippen LogP contribution in [-0.2, 0) is 19.4 Å². The second kappa shape index (κ2) is 5.87. The van der Waals surface area contributed by atoms with E-state index in [1.807, 2.05) is 0 Å². The monoisotopic (exact) mass is 284 g/mol. The maximum atomic E-state index is 11.9. The highest BCUT2D eigenvalue weighted by molar-refractivity contribution is 5.93. The first-order valence-corrected chi connectivity index (χ1v) is 7.02. The van der Waals surface area contributed by atoms with Gasteiger partial charge in [-0.15, -0.1) is 0 Å². The molecule has 0 atom stereocenters. The molecule has 0 bridgehead atoms. The van der Waals surface area contributed by atoms with Crippen LogP contribution < -0.4 is 10.9 Å². The minimum absolute atomic E-state index is 0.105. The highest BCUT2D eigenvalue weighted by atomic mass is 16.2. The number of pyridine rings is 1. The van der Waals surface area contributed by atoms with Crippen LogP contribution >= 0.6 is 0 Å². The number of aryl methyl sites for hydroxylation is 2. The van der Waals surface area contributed by atoms with Gasteiger partial charge in [0.15, 0.2) is 0 Å². The Labute approximate surface area is 121 Å². The summed E-state index contributed by atoms with van der Waals surface area (Å²) >= 11 is 0. The van der Waals surface area contributed by atoms with Crippen LogP contribution in [0.4, 0.5) is 0 Å². The lowest BCUT2D eigenvalue weighted by Gasteiger charge is -2.08. The van der Waals surface area contributed by atoms with Crippen molar-refractivity contribution in [1.82, 2.24) is 20.1 Å². The van der Waals surface area contributed by atoms with Crippen molar-refractivity contribution in [1.29, 1.82) is 0 Å². The Morgan fingerprint density at radius 3 is 3.10 bits per heavy atom. The summed E-state index contributed by atoms with van der Waals surface area (Å²) in [6, 6.07) is 5.07. The Hall–Kier alpha value is -2.50. The molecular formula is C15H16N4O2. The van der Waals surface area contributed by atoms with Crippen LogP contribution in [0.1, 0.15) is 28.0 Å². The van der Waals surface area contributed by atoms with Gasteiger partial charge >= 0.3 is 0 Å². The van der Waals surface area contributed by atoms with Crippen molar-refractivity contribution in [3.8, 4) is 0 Å². The number of amides is 1. The number of carbonyl (C=O) groups is 1. The molecule has 21 heavy (non-hydrogen) atoms. The van der Waals surface area contributed by atoms with Crippen molar-refractivity contribution in [3.05, 3.63) is 57.8 Å². The average molecular weight is 284 g/mol. The number of nitrogens with one attached hydrogen (secondary N) is 1. The standard InChI is InChI=1S/C15H16N4O2/c20-14-9-11-3-1-5-13(11)18-19(14)8-7-17-15(21)12-4-2-6-16-10-12/h2,4,6,9-10H,1,3,5,7-8H2,(H,17,21). The molecule has 0 spiro atoms. The fourth-order valence-electron chi connectivity index (χ4n) is 2.47. The van der Waals surface area contributed by atoms with Crippen LogP contribution in [0.25, 0.3) is 0 Å². The van der Waals surface area contributed by atoms with E-state index >= 15 is 0 Å². The summed E-state index contributed by atoms with van der Waals surface area (Å²) < 4.78 is 1.42. The van der Waals surface area contributed by atoms with Gasteiger partial charge in [0.2, 0.25) is 0 Å². The molecule has 0 saturated carbocycles. The Morgan fingerprint density at radius 2 is 2.29 bits per heavy atom. The van der Waals surface area contributed by atoms with Gasteiger partial charge in [-0.2, -0.15) is 5.10 Å². The molecule has 2 heterocycles. The molecule has 0 saturated heterocycles. The van der Waals surface area contributed by atoms with Crippen LogP contribution in [0, 0.1) is 0 Å². The van der Waals surface area contributed by atoms with E-state index in [1.165, 1.54) is 10.9 Å². The molecule has 2 aromatic heterocycles. The van der Waals surface area contributed by atoms with Crippen molar-refractivity contribution in [3.63, 3.8) is 0 Å². The molecular weight excluding hydrogens is 268 g/mol. The van der Waals surface area contributed by atoms with E-state index in [4.69, 9.17) is 0 Å². The first kappa shape index (κ1) is 13.5. The normalized spacial score (nSPS) is 13.0. The van der Waals surface area contributed by atoms with E-state index in [0.29, 0.717) is 18.7 Å². The Kier molecular flexibility index (Phi) is 3.77. The largest absolute Gasteiger partial charge is 0.350 e. The highest BCUT2D eigenvalue weighted by Gasteiger charge is 2.14. The summed E-state index contributed by atoms with van der Waals surface area (Å²) in [5.41, 5.74) is 2.47. The van der Waals surface area contributed by atoms with Crippen molar-refractivity contribution in [2.45, 2.75) is 25.8 Å². The predicted molar refractivity (Wildman–Crippen MR) is 77.1 cm³/mol. The lowest BCUT2D eigenvalue weighted by Crippen LogP contribution is -2.32. The van der Waals surface area contributed by atoms with Gasteiger partial charge in [0.1, 0.15) is 0 Å². The molecule has 2 aromatic rings. The molecule has 0 aliphatic heterocycles. The molecule has 0 fully saturated rings. The Bertz CT molecular complexity index is 709. The molecule has 1 amide bonds. The molecule has 1 N–H and O–H groups in total. The third kappa shape index (κ3) is 2.99. The van der Waals surface area contributed by atoms with Gasteiger partial charge in [-0.3, -0.25) is 14.6 Å². The number of carbonyl (C=O) groups excluding carboxylic acids is 1. The van der Waals surface area contributed by atoms with Crippen LogP contribution in [0.15, 0.2) is 35.4 Å². The number of rotatable bonds is 4. The quantitative estimate of drug-likeness (QED) is 0.890. The maximum Gasteiger partial charge on any atom is 0.267 e. The van der Waals surface area contributed by atoms with Gasteiger partial charge in [0.05, 0.1) is 17.8 Å². The fraction of sp³-hybridized carbons (Fsp3) is 0.333. The highest BCUT2D eigenvalue weighted by Crippen LogP contribution is 2.16. The van der Waals surface area contributed by atoms with Crippen LogP contribution in [0.2, 0.25) is 0 Å². The summed E-state index contributed by atoms with van der Waals surface area (Å²) in [5, 5.41) is 7.13. The van der Waals surface area contributed by atoms with Crippen LogP contribution in [-0.4, -0.2) is 27.2 Å². The van der Waals surface area contributed by atoms with Crippen molar-refractivity contribution in [2.24, 2.45) is 0 Å². The Morgan fingerprint density at radius 1 is 1.38 bits per heavy atom. The maximum absolute atomic E-state index is 11.9. The zero-order valence-corrected chi connectivity index (χ0v) is 11.6. The van der Waals surface area contributed by atoms with E-state index in [9.17, 15) is 9.59 Å². The van der Waals surface area contributed by atoms with Gasteiger partial charge in [-0.05, 0) is 37.0 Å². The van der Waals surface area contributed by atoms with E-state index in [0.717, 1.165) is 30.5 Å². The van der Waals surface area contributed by atoms with Crippen LogP contribution in [0.3, 0.4) is 0 Å². The molecule has 0 unspecified atom stereocenters. The third-order valence-electron chi connectivity index (χ3n) is 3.56. The van der Waals surface area contributed by atoms with Gasteiger partial charge in [-0.25, -0.2) is 4.68 Å². The molecule has 6 nitrogen and oxygen atoms in total. The summed E-state index contributed by atoms with van der Waals surface area (Å²) in [5.74, 6) is -0.197. The topological polar surface area (TPSA) is 76.9 Å². The zero-order valence-electron chi connectivity index (χ0n) is 11.6. The summed E-state index contributed by atoms with van der Waals surface area (Å²) in [6.07, 6.45) is 6.05. The van der Waals surface area contributed by atoms with Crippen LogP contribution in [0.5, 0.6) is 0 Å². The number of nitrogens with zero attached hydrogens (tertiary/aromatic N) is 3. The first-order chi connectivity index (χ1) is 10.2. The van der Waals surface area contributed by atoms with Crippen molar-refractivity contribution >= 4 is 5.91 Å². The summed E-state index contributed by atoms with van der Waals surface area (Å²) in [6.45, 7) is 0.734. The summed E-state index contributed by atoms with van der Waals surface area (Å²) in [4.78, 5) is 27.6. The van der Waals surface area contributed by atoms with E-state index < -0.39 is 0 Å². The van der Waals surface area contributed by atoms with Gasteiger partial charge in [-0.1, -0.05) is 0 Å². The average Bonchev–Trinajstić information content (AvgIpc) is 2.95. The molecule has 0 radical (unpaired) electrons. The fourth-order valence-corrected chi connectivity index (χ4v) is 2.47. The van der Waals surface area contributed by atoms with Gasteiger partial charge in [0.25, 0.3) is 11.5 Å². The number of fused-ring (bicyclic) bond motifs is 1. The first-order valence-electron chi connectivity index (χ1n) is 7.02. The van der Waals surface area contributed by atoms with Gasteiger partial charge in [0, 0.05) is 25.0 Å². The number of aromatic nitrogens is 3. The molecule has 1 aliphatic rings. The van der Waals surface area contributed by atoms with E-state index in [1.54, 1.807) is 24.4 Å². The number of hydrogen-bond acceptors (Lipinski definition) is 4. The SMILES string of the molecule is O=C(NCCn1nc2c(cc1=O)CCC2)c1cccnc1. The predicted octanol–water partition coefficient (Wildman–Crippen LogP) is 0.557. The van der Waals surface area contributed by atoms with Gasteiger partial charge < -0.3 is 5.32 Å². The molecule has 108 valence electrons. The van der Waals surface area contributed by atoms with Crippen molar-refractivity contribution < 1.29 is 4.79 Å². The summed E-state index contributed by atoms with van der Waals surface area (Å²) in [7, 11) is 0. The second-order valence-electron chi connectivity index (χ2n) is 5.03.